The van der Waals surface area contributed by atoms with Crippen molar-refractivity contribution in [2.75, 3.05) is 30.1 Å². The first-order valence-electron chi connectivity index (χ1n) is 14.3. The topological polar surface area (TPSA) is 187 Å². The zero-order valence-electron chi connectivity index (χ0n) is 25.8. The van der Waals surface area contributed by atoms with Gasteiger partial charge in [0.2, 0.25) is 5.91 Å². The Morgan fingerprint density at radius 3 is 2.15 bits per heavy atom. The summed E-state index contributed by atoms with van der Waals surface area (Å²) in [6.07, 6.45) is 0.935. The van der Waals surface area contributed by atoms with Crippen molar-refractivity contribution in [1.29, 1.82) is 0 Å². The molecule has 5 N–H and O–H groups in total. The number of amides is 4. The summed E-state index contributed by atoms with van der Waals surface area (Å²) in [4.78, 5) is 66.7. The van der Waals surface area contributed by atoms with E-state index in [0.29, 0.717) is 28.3 Å². The lowest BCUT2D eigenvalue weighted by Gasteiger charge is -2.27. The maximum atomic E-state index is 13.1. The Hall–Kier alpha value is -6.24. The van der Waals surface area contributed by atoms with Gasteiger partial charge in [-0.05, 0) is 72.1 Å². The molecule has 4 rings (SSSR count). The number of aryl methyl sites for hydroxylation is 1. The number of benzene rings is 3. The summed E-state index contributed by atoms with van der Waals surface area (Å²) < 4.78 is 5.42. The van der Waals surface area contributed by atoms with Crippen LogP contribution in [-0.2, 0) is 16.0 Å². The van der Waals surface area contributed by atoms with Gasteiger partial charge in [0.25, 0.3) is 5.91 Å². The van der Waals surface area contributed by atoms with E-state index in [1.807, 2.05) is 25.1 Å². The highest BCUT2D eigenvalue weighted by molar-refractivity contribution is 6.01. The lowest BCUT2D eigenvalue weighted by atomic mass is 10.0. The van der Waals surface area contributed by atoms with Gasteiger partial charge in [0.1, 0.15) is 11.6 Å². The SMILES string of the molecule is COc1cc(CC(=O)Nc2ccc(C(CC(=O)O)N(C)C(=O)c3ccc(C(=O)O)cc3)cn2)ccc1NC(=O)Nc1ccccc1C. The average molecular weight is 640 g/mol. The highest BCUT2D eigenvalue weighted by atomic mass is 16.5. The number of aliphatic carboxylic acids is 1. The molecule has 0 fully saturated rings. The maximum absolute atomic E-state index is 13.1. The van der Waals surface area contributed by atoms with Crippen molar-refractivity contribution in [1.82, 2.24) is 9.88 Å². The largest absolute Gasteiger partial charge is 0.495 e. The quantitative estimate of drug-likeness (QED) is 0.139. The first kappa shape index (κ1) is 33.6. The Bertz CT molecular complexity index is 1790. The fourth-order valence-corrected chi connectivity index (χ4v) is 4.73. The van der Waals surface area contributed by atoms with Gasteiger partial charge in [-0.3, -0.25) is 14.4 Å². The van der Waals surface area contributed by atoms with Crippen molar-refractivity contribution in [2.45, 2.75) is 25.8 Å². The number of methoxy groups -OCH3 is 1. The Labute approximate surface area is 270 Å². The Kier molecular flexibility index (Phi) is 10.9. The number of para-hydroxylation sites is 1. The van der Waals surface area contributed by atoms with Gasteiger partial charge in [-0.25, -0.2) is 14.6 Å². The number of urea groups is 1. The van der Waals surface area contributed by atoms with Gasteiger partial charge < -0.3 is 35.8 Å². The maximum Gasteiger partial charge on any atom is 0.335 e. The minimum absolute atomic E-state index is 0.0138. The number of hydrogen-bond acceptors (Lipinski definition) is 7. The first-order valence-corrected chi connectivity index (χ1v) is 14.3. The van der Waals surface area contributed by atoms with Crippen LogP contribution in [-0.4, -0.2) is 64.0 Å². The number of pyridine rings is 1. The van der Waals surface area contributed by atoms with Crippen LogP contribution in [0.4, 0.5) is 22.0 Å². The Morgan fingerprint density at radius 1 is 0.851 bits per heavy atom. The van der Waals surface area contributed by atoms with Gasteiger partial charge in [0, 0.05) is 24.5 Å². The molecular formula is C34H33N5O8. The second-order valence-corrected chi connectivity index (χ2v) is 10.5. The van der Waals surface area contributed by atoms with E-state index in [0.717, 1.165) is 5.56 Å². The molecular weight excluding hydrogens is 606 g/mol. The van der Waals surface area contributed by atoms with Crippen LogP contribution in [0, 0.1) is 6.92 Å². The molecule has 0 radical (unpaired) electrons. The molecule has 13 heteroatoms. The van der Waals surface area contributed by atoms with Crippen LogP contribution in [0.1, 0.15) is 49.9 Å². The summed E-state index contributed by atoms with van der Waals surface area (Å²) in [5.74, 6) is -2.59. The summed E-state index contributed by atoms with van der Waals surface area (Å²) in [5, 5.41) is 26.8. The summed E-state index contributed by atoms with van der Waals surface area (Å²) in [5.41, 5.74) is 3.22. The molecule has 1 aromatic heterocycles. The number of aromatic carboxylic acids is 1. The average Bonchev–Trinajstić information content (AvgIpc) is 3.05. The predicted octanol–water partition coefficient (Wildman–Crippen LogP) is 5.21. The third-order valence-electron chi connectivity index (χ3n) is 7.25. The minimum atomic E-state index is -1.14. The molecule has 0 aliphatic heterocycles. The van der Waals surface area contributed by atoms with E-state index in [1.54, 1.807) is 30.3 Å². The van der Waals surface area contributed by atoms with Crippen LogP contribution >= 0.6 is 0 Å². The highest BCUT2D eigenvalue weighted by Gasteiger charge is 2.26. The van der Waals surface area contributed by atoms with Gasteiger partial charge in [0.15, 0.2) is 0 Å². The van der Waals surface area contributed by atoms with Crippen molar-refractivity contribution in [3.8, 4) is 5.75 Å². The number of nitrogens with zero attached hydrogens (tertiary/aromatic N) is 2. The molecule has 4 aromatic rings. The highest BCUT2D eigenvalue weighted by Crippen LogP contribution is 2.28. The molecule has 4 amide bonds. The number of nitrogens with one attached hydrogen (secondary N) is 3. The second kappa shape index (κ2) is 15.2. The van der Waals surface area contributed by atoms with Gasteiger partial charge in [-0.2, -0.15) is 0 Å². The Morgan fingerprint density at radius 2 is 1.53 bits per heavy atom. The summed E-state index contributed by atoms with van der Waals surface area (Å²) in [6.45, 7) is 1.88. The number of anilines is 3. The molecule has 0 saturated carbocycles. The Balaban J connectivity index is 1.39. The number of carbonyl (C=O) groups is 5. The number of ether oxygens (including phenoxy) is 1. The van der Waals surface area contributed by atoms with E-state index in [4.69, 9.17) is 9.84 Å². The van der Waals surface area contributed by atoms with Gasteiger partial charge >= 0.3 is 18.0 Å². The predicted molar refractivity (Wildman–Crippen MR) is 174 cm³/mol. The summed E-state index contributed by atoms with van der Waals surface area (Å²) in [6, 6.07) is 19.3. The number of carboxylic acid groups (broad SMARTS) is 2. The molecule has 13 nitrogen and oxygen atoms in total. The standard InChI is InChI=1S/C34H33N5O8/c1-20-6-4-5-7-25(20)36-34(46)37-26-14-8-21(16-28(26)47-3)17-30(40)38-29-15-13-24(19-35-29)27(18-31(41)42)39(2)32(43)22-9-11-23(12-10-22)33(44)45/h4-16,19,27H,17-18H2,1-3H3,(H,41,42)(H,44,45)(H,35,38,40)(H2,36,37,46). The molecule has 0 spiro atoms. The third kappa shape index (κ3) is 8.91. The van der Waals surface area contributed by atoms with Crippen LogP contribution in [0.5, 0.6) is 5.75 Å². The molecule has 1 unspecified atom stereocenters. The van der Waals surface area contributed by atoms with Crippen LogP contribution in [0.15, 0.2) is 85.1 Å². The van der Waals surface area contributed by atoms with Crippen molar-refractivity contribution in [2.24, 2.45) is 0 Å². The molecule has 1 heterocycles. The molecule has 0 bridgehead atoms. The van der Waals surface area contributed by atoms with E-state index in [9.17, 15) is 29.1 Å². The van der Waals surface area contributed by atoms with Crippen molar-refractivity contribution >= 4 is 47.0 Å². The number of hydrogen-bond donors (Lipinski definition) is 5. The van der Waals surface area contributed by atoms with Crippen LogP contribution in [0.2, 0.25) is 0 Å². The van der Waals surface area contributed by atoms with Crippen LogP contribution in [0.25, 0.3) is 0 Å². The lowest BCUT2D eigenvalue weighted by Crippen LogP contribution is -2.32. The van der Waals surface area contributed by atoms with E-state index in [1.165, 1.54) is 55.6 Å². The number of carbonyl (C=O) groups excluding carboxylic acids is 3. The number of carboxylic acids is 2. The zero-order chi connectivity index (χ0) is 34.1. The van der Waals surface area contributed by atoms with Gasteiger partial charge in [-0.1, -0.05) is 30.3 Å². The van der Waals surface area contributed by atoms with Crippen molar-refractivity contribution < 1.29 is 38.9 Å². The number of aromatic nitrogens is 1. The molecule has 0 aliphatic carbocycles. The summed E-state index contributed by atoms with van der Waals surface area (Å²) in [7, 11) is 2.90. The van der Waals surface area contributed by atoms with E-state index >= 15 is 0 Å². The van der Waals surface area contributed by atoms with Gasteiger partial charge in [0.05, 0.1) is 37.2 Å². The minimum Gasteiger partial charge on any atom is -0.495 e. The molecule has 242 valence electrons. The normalized spacial score (nSPS) is 11.1. The number of rotatable bonds is 12. The molecule has 3 aromatic carbocycles. The monoisotopic (exact) mass is 639 g/mol. The molecule has 0 saturated heterocycles. The lowest BCUT2D eigenvalue weighted by molar-refractivity contribution is -0.138. The summed E-state index contributed by atoms with van der Waals surface area (Å²) >= 11 is 0. The zero-order valence-corrected chi connectivity index (χ0v) is 25.8. The van der Waals surface area contributed by atoms with Crippen molar-refractivity contribution in [3.63, 3.8) is 0 Å². The van der Waals surface area contributed by atoms with E-state index in [2.05, 4.69) is 20.9 Å². The fourth-order valence-electron chi connectivity index (χ4n) is 4.73. The van der Waals surface area contributed by atoms with Crippen LogP contribution < -0.4 is 20.7 Å². The smallest absolute Gasteiger partial charge is 0.335 e. The van der Waals surface area contributed by atoms with E-state index < -0.39 is 36.3 Å². The van der Waals surface area contributed by atoms with Gasteiger partial charge in [-0.15, -0.1) is 0 Å². The third-order valence-corrected chi connectivity index (χ3v) is 7.25. The molecule has 47 heavy (non-hydrogen) atoms. The van der Waals surface area contributed by atoms with E-state index in [-0.39, 0.29) is 29.3 Å². The molecule has 1 atom stereocenters. The first-order chi connectivity index (χ1) is 22.4. The fraction of sp³-hybridized carbons (Fsp3) is 0.176. The molecule has 0 aliphatic rings. The second-order valence-electron chi connectivity index (χ2n) is 10.5. The van der Waals surface area contributed by atoms with Crippen LogP contribution in [0.3, 0.4) is 0 Å². The van der Waals surface area contributed by atoms with Crippen molar-refractivity contribution in [3.05, 3.63) is 113 Å².